The summed E-state index contributed by atoms with van der Waals surface area (Å²) in [4.78, 5) is 12.5. The van der Waals surface area contributed by atoms with Gasteiger partial charge in [-0.05, 0) is 62.8 Å². The average Bonchev–Trinajstić information content (AvgIpc) is 3.07. The van der Waals surface area contributed by atoms with Gasteiger partial charge in [0.1, 0.15) is 0 Å². The van der Waals surface area contributed by atoms with Crippen LogP contribution in [0.15, 0.2) is 27.8 Å². The number of nitrogens with one attached hydrogen (secondary N) is 1. The summed E-state index contributed by atoms with van der Waals surface area (Å²) < 4.78 is 5.76. The summed E-state index contributed by atoms with van der Waals surface area (Å²) in [5.74, 6) is 1.08. The Morgan fingerprint density at radius 3 is 2.73 bits per heavy atom. The molecule has 140 valence electrons. The van der Waals surface area contributed by atoms with E-state index < -0.39 is 0 Å². The number of rotatable bonds is 5. The summed E-state index contributed by atoms with van der Waals surface area (Å²) in [6.07, 6.45) is 4.72. The Hall–Kier alpha value is -1.82. The molecule has 0 bridgehead atoms. The SMILES string of the molecule is Cc1ccc(-c2nnc(S[C@@H](C)C(=O)N[C@@H]3CCCC[C@@H]3C)o2)cc1C. The molecule has 1 fully saturated rings. The van der Waals surface area contributed by atoms with Crippen LogP contribution in [0.1, 0.15) is 50.7 Å². The van der Waals surface area contributed by atoms with E-state index in [9.17, 15) is 4.79 Å². The number of nitrogens with zero attached hydrogens (tertiary/aromatic N) is 2. The van der Waals surface area contributed by atoms with E-state index in [0.717, 1.165) is 12.0 Å². The standard InChI is InChI=1S/C20H27N3O2S/c1-12-9-10-16(11-14(12)3)19-22-23-20(25-19)26-15(4)18(24)21-17-8-6-5-7-13(17)2/h9-11,13,15,17H,5-8H2,1-4H3,(H,21,24)/t13-,15-,17+/m0/s1. The predicted molar refractivity (Wildman–Crippen MR) is 104 cm³/mol. The Balaban J connectivity index is 1.60. The van der Waals surface area contributed by atoms with Gasteiger partial charge in [0.15, 0.2) is 0 Å². The first kappa shape index (κ1) is 19.0. The lowest BCUT2D eigenvalue weighted by atomic mass is 9.86. The Kier molecular flexibility index (Phi) is 6.01. The smallest absolute Gasteiger partial charge is 0.277 e. The molecular weight excluding hydrogens is 346 g/mol. The molecule has 0 saturated heterocycles. The molecule has 1 heterocycles. The molecule has 0 radical (unpaired) electrons. The Morgan fingerprint density at radius 2 is 2.00 bits per heavy atom. The monoisotopic (exact) mass is 373 g/mol. The lowest BCUT2D eigenvalue weighted by Gasteiger charge is -2.30. The fraction of sp³-hybridized carbons (Fsp3) is 0.550. The van der Waals surface area contributed by atoms with Crippen LogP contribution in [0.25, 0.3) is 11.5 Å². The van der Waals surface area contributed by atoms with Crippen LogP contribution in [0.5, 0.6) is 0 Å². The number of aryl methyl sites for hydroxylation is 2. The number of aromatic nitrogens is 2. The molecule has 26 heavy (non-hydrogen) atoms. The van der Waals surface area contributed by atoms with E-state index in [2.05, 4.69) is 36.3 Å². The number of hydrogen-bond acceptors (Lipinski definition) is 5. The minimum Gasteiger partial charge on any atom is -0.411 e. The third-order valence-electron chi connectivity index (χ3n) is 5.25. The fourth-order valence-electron chi connectivity index (χ4n) is 3.28. The Bertz CT molecular complexity index is 774. The normalized spacial score (nSPS) is 21.4. The van der Waals surface area contributed by atoms with Crippen molar-refractivity contribution in [1.29, 1.82) is 0 Å². The zero-order valence-corrected chi connectivity index (χ0v) is 16.7. The van der Waals surface area contributed by atoms with Gasteiger partial charge in [-0.1, -0.05) is 37.6 Å². The van der Waals surface area contributed by atoms with Gasteiger partial charge in [-0.25, -0.2) is 0 Å². The molecule has 0 unspecified atom stereocenters. The van der Waals surface area contributed by atoms with Gasteiger partial charge in [0.2, 0.25) is 11.8 Å². The number of amides is 1. The van der Waals surface area contributed by atoms with Gasteiger partial charge in [0.25, 0.3) is 5.22 Å². The molecule has 1 amide bonds. The molecule has 3 rings (SSSR count). The Labute approximate surface area is 159 Å². The maximum atomic E-state index is 12.5. The van der Waals surface area contributed by atoms with E-state index in [4.69, 9.17) is 4.42 Å². The highest BCUT2D eigenvalue weighted by molar-refractivity contribution is 8.00. The zero-order valence-electron chi connectivity index (χ0n) is 15.9. The van der Waals surface area contributed by atoms with Gasteiger partial charge >= 0.3 is 0 Å². The van der Waals surface area contributed by atoms with Gasteiger partial charge in [-0.15, -0.1) is 10.2 Å². The van der Waals surface area contributed by atoms with E-state index in [1.807, 2.05) is 25.1 Å². The maximum Gasteiger partial charge on any atom is 0.277 e. The van der Waals surface area contributed by atoms with E-state index in [1.54, 1.807) is 0 Å². The molecule has 1 saturated carbocycles. The highest BCUT2D eigenvalue weighted by Gasteiger charge is 2.26. The third-order valence-corrected chi connectivity index (χ3v) is 6.18. The number of benzene rings is 1. The topological polar surface area (TPSA) is 68.0 Å². The second kappa shape index (κ2) is 8.25. The quantitative estimate of drug-likeness (QED) is 0.780. The number of carbonyl (C=O) groups is 1. The summed E-state index contributed by atoms with van der Waals surface area (Å²) in [5, 5.41) is 11.6. The zero-order chi connectivity index (χ0) is 18.7. The van der Waals surface area contributed by atoms with Crippen LogP contribution in [-0.4, -0.2) is 27.4 Å². The van der Waals surface area contributed by atoms with Crippen molar-refractivity contribution < 1.29 is 9.21 Å². The maximum absolute atomic E-state index is 12.5. The van der Waals surface area contributed by atoms with E-state index in [-0.39, 0.29) is 17.2 Å². The van der Waals surface area contributed by atoms with Crippen LogP contribution in [0.3, 0.4) is 0 Å². The second-order valence-electron chi connectivity index (χ2n) is 7.31. The van der Waals surface area contributed by atoms with Gasteiger partial charge in [0.05, 0.1) is 5.25 Å². The molecule has 1 aliphatic rings. The van der Waals surface area contributed by atoms with Crippen molar-refractivity contribution in [3.05, 3.63) is 29.3 Å². The van der Waals surface area contributed by atoms with Crippen molar-refractivity contribution >= 4 is 17.7 Å². The van der Waals surface area contributed by atoms with Crippen molar-refractivity contribution in [2.24, 2.45) is 5.92 Å². The molecule has 1 aliphatic carbocycles. The number of hydrogen-bond donors (Lipinski definition) is 1. The van der Waals surface area contributed by atoms with Crippen molar-refractivity contribution in [2.75, 3.05) is 0 Å². The van der Waals surface area contributed by atoms with Crippen molar-refractivity contribution in [3.63, 3.8) is 0 Å². The first-order valence-corrected chi connectivity index (χ1v) is 10.2. The van der Waals surface area contributed by atoms with Crippen LogP contribution in [-0.2, 0) is 4.79 Å². The van der Waals surface area contributed by atoms with Crippen molar-refractivity contribution in [1.82, 2.24) is 15.5 Å². The Morgan fingerprint density at radius 1 is 1.23 bits per heavy atom. The van der Waals surface area contributed by atoms with E-state index >= 15 is 0 Å². The van der Waals surface area contributed by atoms with Crippen LogP contribution in [0.2, 0.25) is 0 Å². The number of carbonyl (C=O) groups excluding carboxylic acids is 1. The molecular formula is C20H27N3O2S. The largest absolute Gasteiger partial charge is 0.411 e. The average molecular weight is 374 g/mol. The highest BCUT2D eigenvalue weighted by atomic mass is 32.2. The molecule has 6 heteroatoms. The predicted octanol–water partition coefficient (Wildman–Crippen LogP) is 4.53. The van der Waals surface area contributed by atoms with E-state index in [0.29, 0.717) is 17.0 Å². The van der Waals surface area contributed by atoms with Crippen LogP contribution >= 0.6 is 11.8 Å². The minimum atomic E-state index is -0.266. The summed E-state index contributed by atoms with van der Waals surface area (Å²) in [6, 6.07) is 6.35. The summed E-state index contributed by atoms with van der Waals surface area (Å²) in [6.45, 7) is 8.23. The lowest BCUT2D eigenvalue weighted by Crippen LogP contribution is -2.44. The lowest BCUT2D eigenvalue weighted by molar-refractivity contribution is -0.121. The highest BCUT2D eigenvalue weighted by Crippen LogP contribution is 2.28. The summed E-state index contributed by atoms with van der Waals surface area (Å²) in [7, 11) is 0. The molecule has 0 spiro atoms. The van der Waals surface area contributed by atoms with Gasteiger partial charge in [-0.3, -0.25) is 4.79 Å². The summed E-state index contributed by atoms with van der Waals surface area (Å²) in [5.41, 5.74) is 3.31. The van der Waals surface area contributed by atoms with Crippen LogP contribution in [0.4, 0.5) is 0 Å². The van der Waals surface area contributed by atoms with Crippen LogP contribution in [0, 0.1) is 19.8 Å². The van der Waals surface area contributed by atoms with Crippen LogP contribution < -0.4 is 5.32 Å². The molecule has 1 N–H and O–H groups in total. The van der Waals surface area contributed by atoms with E-state index in [1.165, 1.54) is 42.2 Å². The fourth-order valence-corrected chi connectivity index (χ4v) is 3.98. The second-order valence-corrected chi connectivity index (χ2v) is 8.60. The van der Waals surface area contributed by atoms with Gasteiger partial charge in [-0.2, -0.15) is 0 Å². The molecule has 1 aromatic heterocycles. The van der Waals surface area contributed by atoms with Gasteiger partial charge in [0, 0.05) is 11.6 Å². The first-order valence-electron chi connectivity index (χ1n) is 9.32. The van der Waals surface area contributed by atoms with Gasteiger partial charge < -0.3 is 9.73 Å². The molecule has 2 aromatic rings. The molecule has 1 aromatic carbocycles. The summed E-state index contributed by atoms with van der Waals surface area (Å²) >= 11 is 1.31. The van der Waals surface area contributed by atoms with Crippen molar-refractivity contribution in [2.45, 2.75) is 69.9 Å². The molecule has 3 atom stereocenters. The third kappa shape index (κ3) is 4.47. The number of thioether (sulfide) groups is 1. The van der Waals surface area contributed by atoms with Crippen molar-refractivity contribution in [3.8, 4) is 11.5 Å². The molecule has 5 nitrogen and oxygen atoms in total. The first-order chi connectivity index (χ1) is 12.4. The molecule has 0 aliphatic heterocycles. The minimum absolute atomic E-state index is 0.0414.